The number of thiophene rings is 1. The molecule has 1 aliphatic rings. The van der Waals surface area contributed by atoms with Gasteiger partial charge in [-0.3, -0.25) is 4.79 Å². The van der Waals surface area contributed by atoms with Crippen LogP contribution in [0.2, 0.25) is 4.34 Å². The quantitative estimate of drug-likeness (QED) is 0.889. The van der Waals surface area contributed by atoms with Gasteiger partial charge in [0.15, 0.2) is 5.84 Å². The van der Waals surface area contributed by atoms with Crippen molar-refractivity contribution in [3.8, 4) is 0 Å². The molecule has 0 saturated carbocycles. The van der Waals surface area contributed by atoms with Crippen LogP contribution in [0, 0.1) is 5.92 Å². The zero-order chi connectivity index (χ0) is 16.9. The molecule has 2 aromatic heterocycles. The van der Waals surface area contributed by atoms with Gasteiger partial charge in [0.25, 0.3) is 5.91 Å². The van der Waals surface area contributed by atoms with Crippen molar-refractivity contribution in [1.29, 1.82) is 0 Å². The van der Waals surface area contributed by atoms with Crippen molar-refractivity contribution in [1.82, 2.24) is 10.3 Å². The molecule has 0 bridgehead atoms. The van der Waals surface area contributed by atoms with Gasteiger partial charge in [-0.15, -0.1) is 11.3 Å². The fraction of sp³-hybridized carbons (Fsp3) is 0.333. The van der Waals surface area contributed by atoms with Gasteiger partial charge in [0.2, 0.25) is 0 Å². The Balaban J connectivity index is 2.21. The van der Waals surface area contributed by atoms with Gasteiger partial charge < -0.3 is 10.4 Å². The molecule has 0 aromatic carbocycles. The fourth-order valence-corrected chi connectivity index (χ4v) is 3.45. The molecule has 0 spiro atoms. The predicted octanol–water partition coefficient (Wildman–Crippen LogP) is 2.94. The van der Waals surface area contributed by atoms with Crippen LogP contribution in [0.5, 0.6) is 0 Å². The number of aromatic nitrogens is 1. The molecule has 0 saturated heterocycles. The van der Waals surface area contributed by atoms with Crippen LogP contribution < -0.4 is 5.32 Å². The number of carboxylic acids is 1. The summed E-state index contributed by atoms with van der Waals surface area (Å²) in [6.45, 7) is 5.50. The maximum absolute atomic E-state index is 12.3. The van der Waals surface area contributed by atoms with E-state index in [1.807, 2.05) is 13.8 Å². The van der Waals surface area contributed by atoms with E-state index in [0.29, 0.717) is 14.6 Å². The fourth-order valence-electron chi connectivity index (χ4n) is 2.33. The summed E-state index contributed by atoms with van der Waals surface area (Å²) in [5.74, 6) is -1.24. The number of halogens is 1. The lowest BCUT2D eigenvalue weighted by atomic mass is 9.89. The molecule has 2 N–H and O–H groups in total. The summed E-state index contributed by atoms with van der Waals surface area (Å²) in [6.07, 6.45) is 0. The van der Waals surface area contributed by atoms with Crippen LogP contribution in [-0.4, -0.2) is 33.3 Å². The molecule has 6 nitrogen and oxygen atoms in total. The van der Waals surface area contributed by atoms with E-state index in [9.17, 15) is 14.7 Å². The zero-order valence-electron chi connectivity index (χ0n) is 12.7. The van der Waals surface area contributed by atoms with Crippen molar-refractivity contribution in [2.45, 2.75) is 26.3 Å². The molecule has 0 aliphatic carbocycles. The number of carbonyl (C=O) groups is 2. The van der Waals surface area contributed by atoms with E-state index in [0.717, 1.165) is 0 Å². The Morgan fingerprint density at radius 2 is 2.13 bits per heavy atom. The topological polar surface area (TPSA) is 91.7 Å². The SMILES string of the molecule is CC(C)C1(C)N=C(c2nc3cc(Cl)sc3cc2C(=O)O)NC1=O. The minimum Gasteiger partial charge on any atom is -0.478 e. The molecule has 1 unspecified atom stereocenters. The first-order valence-corrected chi connectivity index (χ1v) is 8.17. The van der Waals surface area contributed by atoms with Crippen molar-refractivity contribution in [2.24, 2.45) is 10.9 Å². The smallest absolute Gasteiger partial charge is 0.338 e. The number of aliphatic imine (C=N–C) groups is 1. The standard InChI is InChI=1S/C15H14ClN3O3S/c1-6(2)15(3)14(22)18-12(19-15)11-7(13(20)21)4-9-8(17-11)5-10(16)23-9/h4-6H,1-3H3,(H,20,21)(H,18,19,22). The molecule has 2 aromatic rings. The first kappa shape index (κ1) is 15.9. The zero-order valence-corrected chi connectivity index (χ0v) is 14.2. The number of pyridine rings is 1. The van der Waals surface area contributed by atoms with Gasteiger partial charge >= 0.3 is 5.97 Å². The Kier molecular flexibility index (Phi) is 3.65. The van der Waals surface area contributed by atoms with Gasteiger partial charge in [0.1, 0.15) is 11.2 Å². The number of amidine groups is 1. The highest BCUT2D eigenvalue weighted by Crippen LogP contribution is 2.32. The summed E-state index contributed by atoms with van der Waals surface area (Å²) in [4.78, 5) is 32.6. The van der Waals surface area contributed by atoms with Crippen molar-refractivity contribution >= 4 is 50.9 Å². The number of rotatable bonds is 3. The van der Waals surface area contributed by atoms with Crippen LogP contribution in [-0.2, 0) is 4.79 Å². The lowest BCUT2D eigenvalue weighted by molar-refractivity contribution is -0.124. The number of carboxylic acid groups (broad SMARTS) is 1. The monoisotopic (exact) mass is 351 g/mol. The summed E-state index contributed by atoms with van der Waals surface area (Å²) < 4.78 is 1.19. The van der Waals surface area contributed by atoms with Gasteiger partial charge in [-0.05, 0) is 25.0 Å². The van der Waals surface area contributed by atoms with E-state index in [-0.39, 0.29) is 28.9 Å². The molecule has 1 atom stereocenters. The normalized spacial score (nSPS) is 20.9. The number of aromatic carboxylic acids is 1. The van der Waals surface area contributed by atoms with Crippen LogP contribution in [0.3, 0.4) is 0 Å². The summed E-state index contributed by atoms with van der Waals surface area (Å²) in [5, 5.41) is 12.1. The number of fused-ring (bicyclic) bond motifs is 1. The average molecular weight is 352 g/mol. The molecule has 0 radical (unpaired) electrons. The Morgan fingerprint density at radius 3 is 2.70 bits per heavy atom. The second kappa shape index (κ2) is 5.28. The minimum absolute atomic E-state index is 0.0110. The summed E-state index contributed by atoms with van der Waals surface area (Å²) in [7, 11) is 0. The maximum atomic E-state index is 12.3. The van der Waals surface area contributed by atoms with Gasteiger partial charge in [-0.25, -0.2) is 14.8 Å². The molecule has 120 valence electrons. The molecular weight excluding hydrogens is 338 g/mol. The Bertz CT molecular complexity index is 874. The Morgan fingerprint density at radius 1 is 1.43 bits per heavy atom. The van der Waals surface area contributed by atoms with E-state index >= 15 is 0 Å². The lowest BCUT2D eigenvalue weighted by Gasteiger charge is -2.21. The molecule has 8 heteroatoms. The average Bonchev–Trinajstić information content (AvgIpc) is 2.97. The van der Waals surface area contributed by atoms with Crippen LogP contribution >= 0.6 is 22.9 Å². The Hall–Kier alpha value is -1.99. The summed E-state index contributed by atoms with van der Waals surface area (Å²) in [6, 6.07) is 3.17. The van der Waals surface area contributed by atoms with Crippen molar-refractivity contribution in [3.63, 3.8) is 0 Å². The number of amides is 1. The largest absolute Gasteiger partial charge is 0.478 e. The maximum Gasteiger partial charge on any atom is 0.338 e. The van der Waals surface area contributed by atoms with Crippen molar-refractivity contribution in [3.05, 3.63) is 27.7 Å². The molecule has 1 amide bonds. The first-order valence-electron chi connectivity index (χ1n) is 6.97. The van der Waals surface area contributed by atoms with Crippen LogP contribution in [0.1, 0.15) is 36.8 Å². The second-order valence-electron chi connectivity index (χ2n) is 5.84. The van der Waals surface area contributed by atoms with E-state index in [1.54, 1.807) is 13.0 Å². The number of nitrogens with one attached hydrogen (secondary N) is 1. The summed E-state index contributed by atoms with van der Waals surface area (Å²) >= 11 is 7.22. The number of nitrogens with zero attached hydrogens (tertiary/aromatic N) is 2. The van der Waals surface area contributed by atoms with Gasteiger partial charge in [0, 0.05) is 0 Å². The van der Waals surface area contributed by atoms with Crippen molar-refractivity contribution in [2.75, 3.05) is 0 Å². The van der Waals surface area contributed by atoms with Gasteiger partial charge in [0.05, 0.1) is 20.1 Å². The van der Waals surface area contributed by atoms with E-state index in [4.69, 9.17) is 11.6 Å². The molecular formula is C15H14ClN3O3S. The Labute approximate surface area is 141 Å². The third-order valence-electron chi connectivity index (χ3n) is 4.09. The molecule has 23 heavy (non-hydrogen) atoms. The molecule has 3 rings (SSSR count). The number of carbonyl (C=O) groups excluding carboxylic acids is 1. The molecule has 3 heterocycles. The number of hydrogen-bond acceptors (Lipinski definition) is 5. The minimum atomic E-state index is -1.13. The highest BCUT2D eigenvalue weighted by Gasteiger charge is 2.43. The number of hydrogen-bond donors (Lipinski definition) is 2. The van der Waals surface area contributed by atoms with Gasteiger partial charge in [-0.1, -0.05) is 25.4 Å². The van der Waals surface area contributed by atoms with Crippen LogP contribution in [0.25, 0.3) is 10.2 Å². The third-order valence-corrected chi connectivity index (χ3v) is 5.29. The first-order chi connectivity index (χ1) is 10.7. The summed E-state index contributed by atoms with van der Waals surface area (Å²) in [5.41, 5.74) is -0.219. The highest BCUT2D eigenvalue weighted by molar-refractivity contribution is 7.22. The van der Waals surface area contributed by atoms with Crippen LogP contribution in [0.4, 0.5) is 0 Å². The van der Waals surface area contributed by atoms with Crippen LogP contribution in [0.15, 0.2) is 17.1 Å². The second-order valence-corrected chi connectivity index (χ2v) is 7.56. The van der Waals surface area contributed by atoms with E-state index in [2.05, 4.69) is 15.3 Å². The molecule has 1 aliphatic heterocycles. The van der Waals surface area contributed by atoms with E-state index < -0.39 is 11.5 Å². The van der Waals surface area contributed by atoms with Crippen molar-refractivity contribution < 1.29 is 14.7 Å². The van der Waals surface area contributed by atoms with Gasteiger partial charge in [-0.2, -0.15) is 0 Å². The lowest BCUT2D eigenvalue weighted by Crippen LogP contribution is -2.41. The molecule has 0 fully saturated rings. The van der Waals surface area contributed by atoms with E-state index in [1.165, 1.54) is 17.4 Å². The third kappa shape index (κ3) is 2.49. The predicted molar refractivity (Wildman–Crippen MR) is 89.5 cm³/mol. The highest BCUT2D eigenvalue weighted by atomic mass is 35.5.